The van der Waals surface area contributed by atoms with Crippen molar-refractivity contribution in [2.24, 2.45) is 0 Å². The van der Waals surface area contributed by atoms with Gasteiger partial charge < -0.3 is 0 Å². The van der Waals surface area contributed by atoms with Gasteiger partial charge in [0.25, 0.3) is 17.7 Å². The number of para-hydroxylation sites is 1. The van der Waals surface area contributed by atoms with E-state index >= 15 is 0 Å². The smallest absolute Gasteiger partial charge is 0.271 e. The molecule has 0 spiro atoms. The molecule has 1 aromatic heterocycles. The van der Waals surface area contributed by atoms with E-state index in [4.69, 9.17) is 46.4 Å². The van der Waals surface area contributed by atoms with E-state index in [1.165, 1.54) is 4.68 Å². The molecule has 3 aromatic rings. The Hall–Kier alpha value is -2.39. The standard InChI is InChI=1S/C16H7Cl4N5O3/c17-11-9-10(12(18)14(20)13(11)19)16(28)25(15(9)27)22-8(26)5-24-7-4-2-1-3-6(7)21-23-24/h1-4H,5H2,(H,22,26). The van der Waals surface area contributed by atoms with E-state index in [1.807, 2.05) is 0 Å². The molecule has 142 valence electrons. The van der Waals surface area contributed by atoms with Crippen molar-refractivity contribution >= 4 is 75.2 Å². The molecule has 4 rings (SSSR count). The van der Waals surface area contributed by atoms with Crippen LogP contribution in [0.25, 0.3) is 11.0 Å². The third-order valence-electron chi connectivity index (χ3n) is 4.05. The largest absolute Gasteiger partial charge is 0.282 e. The lowest BCUT2D eigenvalue weighted by Crippen LogP contribution is -2.47. The topological polar surface area (TPSA) is 97.2 Å². The van der Waals surface area contributed by atoms with Crippen LogP contribution in [-0.2, 0) is 11.3 Å². The van der Waals surface area contributed by atoms with Crippen LogP contribution in [0.4, 0.5) is 0 Å². The molecule has 0 saturated carbocycles. The summed E-state index contributed by atoms with van der Waals surface area (Å²) in [5.74, 6) is -2.43. The number of fused-ring (bicyclic) bond motifs is 2. The van der Waals surface area contributed by atoms with Crippen LogP contribution in [0.2, 0.25) is 20.1 Å². The second-order valence-corrected chi connectivity index (χ2v) is 7.23. The summed E-state index contributed by atoms with van der Waals surface area (Å²) in [5.41, 5.74) is 2.99. The van der Waals surface area contributed by atoms with E-state index in [1.54, 1.807) is 24.3 Å². The Kier molecular flexibility index (Phi) is 4.67. The predicted octanol–water partition coefficient (Wildman–Crippen LogP) is 3.37. The molecule has 0 fully saturated rings. The molecule has 1 aliphatic rings. The third-order valence-corrected chi connectivity index (χ3v) is 5.85. The number of hydrogen-bond donors (Lipinski definition) is 1. The van der Waals surface area contributed by atoms with E-state index in [9.17, 15) is 14.4 Å². The number of nitrogens with zero attached hydrogens (tertiary/aromatic N) is 4. The lowest BCUT2D eigenvalue weighted by atomic mass is 10.1. The summed E-state index contributed by atoms with van der Waals surface area (Å²) in [7, 11) is 0. The molecule has 12 heteroatoms. The highest BCUT2D eigenvalue weighted by Crippen LogP contribution is 2.44. The zero-order valence-electron chi connectivity index (χ0n) is 13.5. The van der Waals surface area contributed by atoms with E-state index in [-0.39, 0.29) is 37.8 Å². The summed E-state index contributed by atoms with van der Waals surface area (Å²) in [6.45, 7) is -0.281. The molecule has 3 amide bonds. The van der Waals surface area contributed by atoms with E-state index in [2.05, 4.69) is 15.7 Å². The minimum atomic E-state index is -0.873. The lowest BCUT2D eigenvalue weighted by molar-refractivity contribution is -0.124. The molecule has 0 saturated heterocycles. The Morgan fingerprint density at radius 2 is 1.50 bits per heavy atom. The van der Waals surface area contributed by atoms with Crippen molar-refractivity contribution in [3.05, 3.63) is 55.5 Å². The number of hydrazine groups is 1. The van der Waals surface area contributed by atoms with Crippen molar-refractivity contribution < 1.29 is 14.4 Å². The second kappa shape index (κ2) is 6.89. The molecule has 8 nitrogen and oxygen atoms in total. The Balaban J connectivity index is 1.61. The second-order valence-electron chi connectivity index (χ2n) is 5.72. The van der Waals surface area contributed by atoms with Crippen LogP contribution in [-0.4, -0.2) is 37.7 Å². The van der Waals surface area contributed by atoms with Gasteiger partial charge in [0.2, 0.25) is 0 Å². The Bertz CT molecular complexity index is 1150. The Morgan fingerprint density at radius 3 is 2.11 bits per heavy atom. The van der Waals surface area contributed by atoms with Crippen molar-refractivity contribution in [2.45, 2.75) is 6.54 Å². The number of carbonyl (C=O) groups is 3. The number of benzene rings is 2. The normalized spacial score (nSPS) is 13.4. The maximum Gasteiger partial charge on any atom is 0.282 e. The molecule has 2 heterocycles. The Morgan fingerprint density at radius 1 is 0.929 bits per heavy atom. The molecule has 0 atom stereocenters. The van der Waals surface area contributed by atoms with Gasteiger partial charge in [-0.05, 0) is 12.1 Å². The van der Waals surface area contributed by atoms with E-state index < -0.39 is 17.7 Å². The maximum atomic E-state index is 12.6. The number of aromatic nitrogens is 3. The zero-order chi connectivity index (χ0) is 20.2. The monoisotopic (exact) mass is 457 g/mol. The van der Waals surface area contributed by atoms with Gasteiger partial charge in [-0.1, -0.05) is 63.7 Å². The van der Waals surface area contributed by atoms with E-state index in [0.717, 1.165) is 0 Å². The van der Waals surface area contributed by atoms with Gasteiger partial charge in [-0.3, -0.25) is 19.8 Å². The first kappa shape index (κ1) is 18.9. The van der Waals surface area contributed by atoms with Gasteiger partial charge in [-0.2, -0.15) is 5.01 Å². The average Bonchev–Trinajstić information content (AvgIpc) is 3.19. The van der Waals surface area contributed by atoms with Gasteiger partial charge in [0, 0.05) is 0 Å². The van der Waals surface area contributed by atoms with Gasteiger partial charge in [0.1, 0.15) is 12.1 Å². The van der Waals surface area contributed by atoms with Gasteiger partial charge in [-0.15, -0.1) is 5.10 Å². The summed E-state index contributed by atoms with van der Waals surface area (Å²) >= 11 is 24.0. The number of nitrogens with one attached hydrogen (secondary N) is 1. The van der Waals surface area contributed by atoms with Crippen molar-refractivity contribution in [1.82, 2.24) is 25.4 Å². The number of hydrogen-bond acceptors (Lipinski definition) is 5. The van der Waals surface area contributed by atoms with Crippen molar-refractivity contribution in [2.75, 3.05) is 0 Å². The fourth-order valence-electron chi connectivity index (χ4n) is 2.78. The molecule has 0 radical (unpaired) electrons. The highest BCUT2D eigenvalue weighted by Gasteiger charge is 2.42. The lowest BCUT2D eigenvalue weighted by Gasteiger charge is -2.15. The van der Waals surface area contributed by atoms with Crippen LogP contribution in [0.5, 0.6) is 0 Å². The molecular formula is C16H7Cl4N5O3. The van der Waals surface area contributed by atoms with Crippen molar-refractivity contribution in [1.29, 1.82) is 0 Å². The molecule has 0 aliphatic carbocycles. The predicted molar refractivity (Wildman–Crippen MR) is 103 cm³/mol. The fraction of sp³-hybridized carbons (Fsp3) is 0.0625. The van der Waals surface area contributed by atoms with Crippen molar-refractivity contribution in [3.8, 4) is 0 Å². The maximum absolute atomic E-state index is 12.6. The summed E-state index contributed by atoms with van der Waals surface area (Å²) < 4.78 is 1.33. The molecule has 1 N–H and O–H groups in total. The molecular weight excluding hydrogens is 452 g/mol. The zero-order valence-corrected chi connectivity index (χ0v) is 16.6. The van der Waals surface area contributed by atoms with Crippen LogP contribution >= 0.6 is 46.4 Å². The van der Waals surface area contributed by atoms with Crippen LogP contribution in [0.3, 0.4) is 0 Å². The van der Waals surface area contributed by atoms with Gasteiger partial charge in [0.15, 0.2) is 0 Å². The minimum absolute atomic E-state index is 0.157. The molecule has 28 heavy (non-hydrogen) atoms. The molecule has 0 bridgehead atoms. The van der Waals surface area contributed by atoms with Crippen LogP contribution in [0, 0.1) is 0 Å². The first-order chi connectivity index (χ1) is 13.3. The first-order valence-corrected chi connectivity index (χ1v) is 9.15. The number of halogens is 4. The van der Waals surface area contributed by atoms with Gasteiger partial charge >= 0.3 is 0 Å². The number of amides is 3. The summed E-state index contributed by atoms with van der Waals surface area (Å²) in [4.78, 5) is 37.6. The van der Waals surface area contributed by atoms with E-state index in [0.29, 0.717) is 16.0 Å². The highest BCUT2D eigenvalue weighted by atomic mass is 35.5. The number of carbonyl (C=O) groups excluding carboxylic acids is 3. The van der Waals surface area contributed by atoms with Gasteiger partial charge in [-0.25, -0.2) is 4.68 Å². The molecule has 2 aromatic carbocycles. The van der Waals surface area contributed by atoms with Crippen LogP contribution in [0.1, 0.15) is 20.7 Å². The summed E-state index contributed by atoms with van der Waals surface area (Å²) in [6, 6.07) is 7.01. The third kappa shape index (κ3) is 2.80. The molecule has 0 unspecified atom stereocenters. The summed E-state index contributed by atoms with van der Waals surface area (Å²) in [6.07, 6.45) is 0. The fourth-order valence-corrected chi connectivity index (χ4v) is 3.80. The average molecular weight is 459 g/mol. The first-order valence-electron chi connectivity index (χ1n) is 7.63. The SMILES string of the molecule is O=C(Cn1nnc2ccccc21)NN1C(=O)c2c(Cl)c(Cl)c(Cl)c(Cl)c2C1=O. The van der Waals surface area contributed by atoms with Gasteiger partial charge in [0.05, 0.1) is 36.7 Å². The quantitative estimate of drug-likeness (QED) is 0.368. The van der Waals surface area contributed by atoms with Crippen molar-refractivity contribution in [3.63, 3.8) is 0 Å². The van der Waals surface area contributed by atoms with Crippen LogP contribution in [0.15, 0.2) is 24.3 Å². The minimum Gasteiger partial charge on any atom is -0.271 e. The summed E-state index contributed by atoms with van der Waals surface area (Å²) in [5, 5.41) is 7.57. The number of rotatable bonds is 3. The highest BCUT2D eigenvalue weighted by molar-refractivity contribution is 6.55. The van der Waals surface area contributed by atoms with Crippen LogP contribution < -0.4 is 5.43 Å². The number of imide groups is 1. The Labute approximate surface area is 176 Å². The molecule has 1 aliphatic heterocycles.